The average molecular weight is 269 g/mol. The average Bonchev–Trinajstić information content (AvgIpc) is 2.41. The minimum atomic E-state index is 0.212. The van der Waals surface area contributed by atoms with Crippen LogP contribution < -0.4 is 5.32 Å². The summed E-state index contributed by atoms with van der Waals surface area (Å²) >= 11 is 6.16. The number of rotatable bonds is 3. The Labute approximate surface area is 114 Å². The molecule has 4 heteroatoms. The lowest BCUT2D eigenvalue weighted by Gasteiger charge is -2.32. The van der Waals surface area contributed by atoms with Gasteiger partial charge in [0.15, 0.2) is 0 Å². The third-order valence-electron chi connectivity index (χ3n) is 3.80. The molecule has 100 valence electrons. The van der Waals surface area contributed by atoms with Crippen molar-refractivity contribution in [2.24, 2.45) is 0 Å². The predicted molar refractivity (Wildman–Crippen MR) is 74.5 cm³/mol. The van der Waals surface area contributed by atoms with Crippen LogP contribution in [0.2, 0.25) is 0 Å². The Morgan fingerprint density at radius 1 is 1.50 bits per heavy atom. The van der Waals surface area contributed by atoms with Gasteiger partial charge in [-0.25, -0.2) is 0 Å². The van der Waals surface area contributed by atoms with E-state index in [0.29, 0.717) is 12.5 Å². The van der Waals surface area contributed by atoms with Crippen LogP contribution in [0.3, 0.4) is 0 Å². The minimum absolute atomic E-state index is 0.212. The van der Waals surface area contributed by atoms with Gasteiger partial charge in [-0.05, 0) is 38.3 Å². The Kier molecular flexibility index (Phi) is 4.84. The number of carbonyl (C=O) groups is 1. The van der Waals surface area contributed by atoms with Crippen molar-refractivity contribution in [1.82, 2.24) is 10.2 Å². The van der Waals surface area contributed by atoms with Gasteiger partial charge in [0.05, 0.1) is 6.42 Å². The zero-order valence-electron chi connectivity index (χ0n) is 10.9. The van der Waals surface area contributed by atoms with E-state index in [2.05, 4.69) is 11.4 Å². The SMILES string of the molecule is CNC1CCN(C(=O)CC2=C(Cl)CCC=C2)CC1. The summed E-state index contributed by atoms with van der Waals surface area (Å²) in [5, 5.41) is 4.13. The number of nitrogens with one attached hydrogen (secondary N) is 1. The number of halogens is 1. The van der Waals surface area contributed by atoms with E-state index in [4.69, 9.17) is 11.6 Å². The topological polar surface area (TPSA) is 32.3 Å². The lowest BCUT2D eigenvalue weighted by Crippen LogP contribution is -2.44. The van der Waals surface area contributed by atoms with Crippen molar-refractivity contribution < 1.29 is 4.79 Å². The molecule has 1 fully saturated rings. The lowest BCUT2D eigenvalue weighted by molar-refractivity contribution is -0.131. The number of nitrogens with zero attached hydrogens (tertiary/aromatic N) is 1. The lowest BCUT2D eigenvalue weighted by atomic mass is 10.0. The summed E-state index contributed by atoms with van der Waals surface area (Å²) in [4.78, 5) is 14.2. The standard InChI is InChI=1S/C14H21ClN2O/c1-16-12-6-8-17(9-7-12)14(18)10-11-4-2-3-5-13(11)15/h2,4,12,16H,3,5-10H2,1H3. The third kappa shape index (κ3) is 3.36. The molecule has 0 unspecified atom stereocenters. The van der Waals surface area contributed by atoms with Gasteiger partial charge in [-0.15, -0.1) is 0 Å². The number of amides is 1. The maximum atomic E-state index is 12.2. The van der Waals surface area contributed by atoms with Gasteiger partial charge in [-0.3, -0.25) is 4.79 Å². The van der Waals surface area contributed by atoms with Crippen molar-refractivity contribution in [2.75, 3.05) is 20.1 Å². The van der Waals surface area contributed by atoms with Crippen LogP contribution in [0.25, 0.3) is 0 Å². The summed E-state index contributed by atoms with van der Waals surface area (Å²) in [6.07, 6.45) is 8.52. The second-order valence-corrected chi connectivity index (χ2v) is 5.45. The molecule has 2 aliphatic rings. The van der Waals surface area contributed by atoms with E-state index in [0.717, 1.165) is 49.4 Å². The van der Waals surface area contributed by atoms with Crippen LogP contribution in [-0.2, 0) is 4.79 Å². The molecule has 2 rings (SSSR count). The normalized spacial score (nSPS) is 21.6. The van der Waals surface area contributed by atoms with Crippen LogP contribution in [0.5, 0.6) is 0 Å². The van der Waals surface area contributed by atoms with Crippen LogP contribution in [0.4, 0.5) is 0 Å². The van der Waals surface area contributed by atoms with Crippen molar-refractivity contribution >= 4 is 17.5 Å². The maximum absolute atomic E-state index is 12.2. The maximum Gasteiger partial charge on any atom is 0.227 e. The molecular formula is C14H21ClN2O. The van der Waals surface area contributed by atoms with Gasteiger partial charge in [0.1, 0.15) is 0 Å². The highest BCUT2D eigenvalue weighted by molar-refractivity contribution is 6.30. The van der Waals surface area contributed by atoms with Gasteiger partial charge in [-0.2, -0.15) is 0 Å². The second kappa shape index (κ2) is 6.39. The highest BCUT2D eigenvalue weighted by Crippen LogP contribution is 2.25. The minimum Gasteiger partial charge on any atom is -0.342 e. The Morgan fingerprint density at radius 3 is 2.83 bits per heavy atom. The van der Waals surface area contributed by atoms with E-state index in [-0.39, 0.29) is 5.91 Å². The van der Waals surface area contributed by atoms with Gasteiger partial charge in [-0.1, -0.05) is 23.8 Å². The molecule has 18 heavy (non-hydrogen) atoms. The van der Waals surface area contributed by atoms with E-state index >= 15 is 0 Å². The van der Waals surface area contributed by atoms with Crippen LogP contribution in [0.1, 0.15) is 32.1 Å². The molecule has 0 spiro atoms. The predicted octanol–water partition coefficient (Wildman–Crippen LogP) is 2.43. The number of likely N-dealkylation sites (tertiary alicyclic amines) is 1. The zero-order chi connectivity index (χ0) is 13.0. The smallest absolute Gasteiger partial charge is 0.227 e. The summed E-state index contributed by atoms with van der Waals surface area (Å²) in [6.45, 7) is 1.72. The highest BCUT2D eigenvalue weighted by Gasteiger charge is 2.22. The first-order valence-electron chi connectivity index (χ1n) is 6.70. The molecule has 0 aromatic heterocycles. The molecule has 3 nitrogen and oxygen atoms in total. The summed E-state index contributed by atoms with van der Waals surface area (Å²) < 4.78 is 0. The largest absolute Gasteiger partial charge is 0.342 e. The molecule has 0 saturated carbocycles. The van der Waals surface area contributed by atoms with Crippen LogP contribution >= 0.6 is 11.6 Å². The molecule has 0 bridgehead atoms. The summed E-state index contributed by atoms with van der Waals surface area (Å²) in [5.74, 6) is 0.212. The van der Waals surface area contributed by atoms with Gasteiger partial charge < -0.3 is 10.2 Å². The number of hydrogen-bond donors (Lipinski definition) is 1. The van der Waals surface area contributed by atoms with Gasteiger partial charge >= 0.3 is 0 Å². The monoisotopic (exact) mass is 268 g/mol. The second-order valence-electron chi connectivity index (χ2n) is 4.99. The van der Waals surface area contributed by atoms with Gasteiger partial charge in [0.2, 0.25) is 5.91 Å². The van der Waals surface area contributed by atoms with E-state index in [9.17, 15) is 4.79 Å². The molecule has 0 aromatic rings. The zero-order valence-corrected chi connectivity index (χ0v) is 11.7. The van der Waals surface area contributed by atoms with E-state index in [1.807, 2.05) is 18.0 Å². The van der Waals surface area contributed by atoms with Gasteiger partial charge in [0, 0.05) is 24.2 Å². The molecule has 1 aliphatic carbocycles. The third-order valence-corrected chi connectivity index (χ3v) is 4.23. The molecule has 0 aromatic carbocycles. The fraction of sp³-hybridized carbons (Fsp3) is 0.643. The molecular weight excluding hydrogens is 248 g/mol. The van der Waals surface area contributed by atoms with Crippen LogP contribution in [0.15, 0.2) is 22.8 Å². The van der Waals surface area contributed by atoms with Crippen molar-refractivity contribution in [3.8, 4) is 0 Å². The molecule has 0 radical (unpaired) electrons. The Hall–Kier alpha value is -0.800. The Morgan fingerprint density at radius 2 is 2.22 bits per heavy atom. The number of hydrogen-bond acceptors (Lipinski definition) is 2. The Balaban J connectivity index is 1.87. The van der Waals surface area contributed by atoms with Crippen LogP contribution in [-0.4, -0.2) is 37.0 Å². The van der Waals surface area contributed by atoms with E-state index < -0.39 is 0 Å². The van der Waals surface area contributed by atoms with E-state index in [1.54, 1.807) is 0 Å². The molecule has 0 atom stereocenters. The first kappa shape index (κ1) is 13.6. The van der Waals surface area contributed by atoms with Crippen molar-refractivity contribution in [3.63, 3.8) is 0 Å². The van der Waals surface area contributed by atoms with Crippen molar-refractivity contribution in [2.45, 2.75) is 38.1 Å². The summed E-state index contributed by atoms with van der Waals surface area (Å²) in [6, 6.07) is 0.562. The number of carbonyl (C=O) groups excluding carboxylic acids is 1. The molecule has 1 saturated heterocycles. The van der Waals surface area contributed by atoms with E-state index in [1.165, 1.54) is 0 Å². The fourth-order valence-corrected chi connectivity index (χ4v) is 2.77. The molecule has 1 N–H and O–H groups in total. The first-order valence-corrected chi connectivity index (χ1v) is 7.07. The molecule has 1 aliphatic heterocycles. The fourth-order valence-electron chi connectivity index (χ4n) is 2.53. The summed E-state index contributed by atoms with van der Waals surface area (Å²) in [5.41, 5.74) is 1.00. The molecule has 1 heterocycles. The quantitative estimate of drug-likeness (QED) is 0.853. The van der Waals surface area contributed by atoms with Crippen LogP contribution in [0, 0.1) is 0 Å². The van der Waals surface area contributed by atoms with Gasteiger partial charge in [0.25, 0.3) is 0 Å². The summed E-state index contributed by atoms with van der Waals surface area (Å²) in [7, 11) is 1.99. The highest BCUT2D eigenvalue weighted by atomic mass is 35.5. The Bertz CT molecular complexity index is 368. The number of allylic oxidation sites excluding steroid dienone is 3. The van der Waals surface area contributed by atoms with Crippen molar-refractivity contribution in [1.29, 1.82) is 0 Å². The first-order chi connectivity index (χ1) is 8.70. The van der Waals surface area contributed by atoms with Crippen molar-refractivity contribution in [3.05, 3.63) is 22.8 Å². The molecule has 1 amide bonds. The number of piperidine rings is 1.